The Morgan fingerprint density at radius 3 is 2.53 bits per heavy atom. The van der Waals surface area contributed by atoms with Gasteiger partial charge < -0.3 is 14.6 Å². The molecule has 2 rings (SSSR count). The second-order valence-electron chi connectivity index (χ2n) is 5.34. The van der Waals surface area contributed by atoms with Gasteiger partial charge in [0.15, 0.2) is 0 Å². The summed E-state index contributed by atoms with van der Waals surface area (Å²) in [4.78, 5) is 2.25. The highest BCUT2D eigenvalue weighted by molar-refractivity contribution is 7.89. The zero-order valence-electron chi connectivity index (χ0n) is 11.3. The first kappa shape index (κ1) is 14.5. The molecule has 1 aromatic rings. The lowest BCUT2D eigenvalue weighted by molar-refractivity contribution is 0.0593. The average molecular weight is 287 g/mol. The van der Waals surface area contributed by atoms with E-state index in [1.165, 1.54) is 25.3 Å². The van der Waals surface area contributed by atoms with Gasteiger partial charge in [-0.05, 0) is 45.5 Å². The molecule has 1 heterocycles. The number of rotatable bonds is 6. The summed E-state index contributed by atoms with van der Waals surface area (Å²) >= 11 is 0. The molecule has 1 aliphatic rings. The van der Waals surface area contributed by atoms with Gasteiger partial charge in [0, 0.05) is 12.1 Å². The topological polar surface area (TPSA) is 88.6 Å². The molecule has 108 valence electrons. The van der Waals surface area contributed by atoms with Crippen LogP contribution in [0, 0.1) is 0 Å². The normalized spacial score (nSPS) is 18.5. The summed E-state index contributed by atoms with van der Waals surface area (Å²) in [5, 5.41) is 8.12. The first-order valence-corrected chi connectivity index (χ1v) is 7.88. The van der Waals surface area contributed by atoms with Crippen molar-refractivity contribution in [1.82, 2.24) is 10.2 Å². The highest BCUT2D eigenvalue weighted by atomic mass is 32.2. The standard InChI is InChI=1S/C12H21N3O3S/c1-15(2)12(6-3-7-12)9-14-8-10-4-5-11(18-10)19(13,16)17/h4-5,14H,3,6-9H2,1-2H3,(H2,13,16,17). The van der Waals surface area contributed by atoms with Gasteiger partial charge in [-0.3, -0.25) is 0 Å². The number of hydrogen-bond acceptors (Lipinski definition) is 5. The number of primary sulfonamides is 1. The fourth-order valence-corrected chi connectivity index (χ4v) is 2.87. The molecule has 0 saturated heterocycles. The molecule has 1 fully saturated rings. The van der Waals surface area contributed by atoms with E-state index in [0.717, 1.165) is 6.54 Å². The molecule has 0 aromatic carbocycles. The van der Waals surface area contributed by atoms with E-state index < -0.39 is 10.0 Å². The Labute approximate surface area is 114 Å². The number of likely N-dealkylation sites (N-methyl/N-ethyl adjacent to an activating group) is 1. The second kappa shape index (κ2) is 5.24. The van der Waals surface area contributed by atoms with E-state index in [4.69, 9.17) is 9.56 Å². The molecule has 0 amide bonds. The SMILES string of the molecule is CN(C)C1(CNCc2ccc(S(N)(=O)=O)o2)CCC1. The van der Waals surface area contributed by atoms with E-state index in [1.54, 1.807) is 6.07 Å². The molecular formula is C12H21N3O3S. The van der Waals surface area contributed by atoms with Gasteiger partial charge in [0.25, 0.3) is 10.0 Å². The van der Waals surface area contributed by atoms with Crippen molar-refractivity contribution in [3.63, 3.8) is 0 Å². The van der Waals surface area contributed by atoms with Crippen LogP contribution in [0.1, 0.15) is 25.0 Å². The monoisotopic (exact) mass is 287 g/mol. The Morgan fingerprint density at radius 1 is 1.42 bits per heavy atom. The van der Waals surface area contributed by atoms with Gasteiger partial charge in [-0.2, -0.15) is 0 Å². The maximum atomic E-state index is 11.1. The van der Waals surface area contributed by atoms with Crippen LogP contribution in [-0.2, 0) is 16.6 Å². The van der Waals surface area contributed by atoms with Crippen LogP contribution in [-0.4, -0.2) is 39.5 Å². The van der Waals surface area contributed by atoms with Crippen molar-refractivity contribution >= 4 is 10.0 Å². The van der Waals surface area contributed by atoms with Crippen LogP contribution in [0.2, 0.25) is 0 Å². The summed E-state index contributed by atoms with van der Waals surface area (Å²) < 4.78 is 27.3. The van der Waals surface area contributed by atoms with Crippen molar-refractivity contribution in [2.75, 3.05) is 20.6 Å². The Kier molecular flexibility index (Phi) is 4.00. The summed E-state index contributed by atoms with van der Waals surface area (Å²) in [6.45, 7) is 1.37. The summed E-state index contributed by atoms with van der Waals surface area (Å²) in [7, 11) is 0.435. The van der Waals surface area contributed by atoms with Crippen molar-refractivity contribution in [3.05, 3.63) is 17.9 Å². The molecule has 0 spiro atoms. The predicted molar refractivity (Wildman–Crippen MR) is 72.1 cm³/mol. The maximum Gasteiger partial charge on any atom is 0.271 e. The Morgan fingerprint density at radius 2 is 2.11 bits per heavy atom. The summed E-state index contributed by atoms with van der Waals surface area (Å²) in [5.74, 6) is 0.581. The maximum absolute atomic E-state index is 11.1. The summed E-state index contributed by atoms with van der Waals surface area (Å²) in [6.07, 6.45) is 3.64. The van der Waals surface area contributed by atoms with Gasteiger partial charge >= 0.3 is 0 Å². The third kappa shape index (κ3) is 3.17. The van der Waals surface area contributed by atoms with Crippen LogP contribution in [0.4, 0.5) is 0 Å². The number of hydrogen-bond donors (Lipinski definition) is 2. The lowest BCUT2D eigenvalue weighted by Crippen LogP contribution is -2.56. The molecule has 19 heavy (non-hydrogen) atoms. The first-order chi connectivity index (χ1) is 8.83. The third-order valence-electron chi connectivity index (χ3n) is 3.90. The molecule has 0 atom stereocenters. The van der Waals surface area contributed by atoms with E-state index in [-0.39, 0.29) is 10.6 Å². The first-order valence-electron chi connectivity index (χ1n) is 6.33. The molecule has 0 bridgehead atoms. The van der Waals surface area contributed by atoms with Gasteiger partial charge in [0.2, 0.25) is 5.09 Å². The minimum absolute atomic E-state index is 0.185. The van der Waals surface area contributed by atoms with Crippen molar-refractivity contribution in [2.24, 2.45) is 5.14 Å². The number of sulfonamides is 1. The number of furan rings is 1. The van der Waals surface area contributed by atoms with Crippen molar-refractivity contribution in [1.29, 1.82) is 0 Å². The van der Waals surface area contributed by atoms with Crippen molar-refractivity contribution < 1.29 is 12.8 Å². The van der Waals surface area contributed by atoms with E-state index in [9.17, 15) is 8.42 Å². The third-order valence-corrected chi connectivity index (χ3v) is 4.68. The Bertz CT molecular complexity index is 532. The minimum atomic E-state index is -3.75. The molecule has 6 nitrogen and oxygen atoms in total. The average Bonchev–Trinajstić information content (AvgIpc) is 2.69. The van der Waals surface area contributed by atoms with Gasteiger partial charge in [-0.15, -0.1) is 0 Å². The van der Waals surface area contributed by atoms with Crippen LogP contribution >= 0.6 is 0 Å². The lowest BCUT2D eigenvalue weighted by atomic mass is 9.75. The lowest BCUT2D eigenvalue weighted by Gasteiger charge is -2.47. The van der Waals surface area contributed by atoms with Crippen LogP contribution in [0.3, 0.4) is 0 Å². The molecule has 0 unspecified atom stereocenters. The number of nitrogens with two attached hydrogens (primary N) is 1. The Balaban J connectivity index is 1.88. The molecule has 1 aliphatic carbocycles. The van der Waals surface area contributed by atoms with Crippen molar-refractivity contribution in [2.45, 2.75) is 36.4 Å². The van der Waals surface area contributed by atoms with Gasteiger partial charge in [-0.25, -0.2) is 13.6 Å². The van der Waals surface area contributed by atoms with E-state index in [2.05, 4.69) is 24.3 Å². The number of nitrogens with zero attached hydrogens (tertiary/aromatic N) is 1. The second-order valence-corrected chi connectivity index (χ2v) is 6.83. The molecule has 1 saturated carbocycles. The van der Waals surface area contributed by atoms with Gasteiger partial charge in [0.05, 0.1) is 6.54 Å². The highest BCUT2D eigenvalue weighted by Gasteiger charge is 2.38. The van der Waals surface area contributed by atoms with Crippen molar-refractivity contribution in [3.8, 4) is 0 Å². The largest absolute Gasteiger partial charge is 0.447 e. The van der Waals surface area contributed by atoms with Crippen LogP contribution < -0.4 is 10.5 Å². The Hall–Kier alpha value is -0.890. The van der Waals surface area contributed by atoms with Gasteiger partial charge in [0.1, 0.15) is 5.76 Å². The van der Waals surface area contributed by atoms with E-state index >= 15 is 0 Å². The highest BCUT2D eigenvalue weighted by Crippen LogP contribution is 2.35. The van der Waals surface area contributed by atoms with Gasteiger partial charge in [-0.1, -0.05) is 0 Å². The van der Waals surface area contributed by atoms with Crippen LogP contribution in [0.15, 0.2) is 21.6 Å². The molecule has 0 radical (unpaired) electrons. The predicted octanol–water partition coefficient (Wildman–Crippen LogP) is 0.501. The zero-order chi connectivity index (χ0) is 14.1. The fraction of sp³-hybridized carbons (Fsp3) is 0.667. The summed E-state index contributed by atoms with van der Waals surface area (Å²) in [5.41, 5.74) is 0.232. The minimum Gasteiger partial charge on any atom is -0.447 e. The fourth-order valence-electron chi connectivity index (χ4n) is 2.39. The number of nitrogens with one attached hydrogen (secondary N) is 1. The molecule has 3 N–H and O–H groups in total. The zero-order valence-corrected chi connectivity index (χ0v) is 12.2. The molecule has 7 heteroatoms. The molecular weight excluding hydrogens is 266 g/mol. The molecule has 1 aromatic heterocycles. The van der Waals surface area contributed by atoms with Crippen LogP contribution in [0.5, 0.6) is 0 Å². The smallest absolute Gasteiger partial charge is 0.271 e. The molecule has 0 aliphatic heterocycles. The van der Waals surface area contributed by atoms with E-state index in [1.807, 2.05) is 0 Å². The quantitative estimate of drug-likeness (QED) is 0.795. The summed E-state index contributed by atoms with van der Waals surface area (Å²) in [6, 6.07) is 3.02. The van der Waals surface area contributed by atoms with E-state index in [0.29, 0.717) is 12.3 Å². The van der Waals surface area contributed by atoms with Crippen LogP contribution in [0.25, 0.3) is 0 Å².